The highest BCUT2D eigenvalue weighted by Crippen LogP contribution is 2.25. The van der Waals surface area contributed by atoms with Crippen LogP contribution in [0.15, 0.2) is 22.7 Å². The molecule has 1 aromatic carbocycles. The first-order valence-electron chi connectivity index (χ1n) is 5.10. The number of hydrogen-bond donors (Lipinski definition) is 2. The van der Waals surface area contributed by atoms with Gasteiger partial charge in [0.25, 0.3) is 0 Å². The normalized spacial score (nSPS) is 12.2. The topological polar surface area (TPSA) is 83.5 Å². The number of carboxylic acids is 1. The van der Waals surface area contributed by atoms with E-state index >= 15 is 0 Å². The smallest absolute Gasteiger partial charge is 0.337 e. The van der Waals surface area contributed by atoms with E-state index in [2.05, 4.69) is 20.7 Å². The first-order chi connectivity index (χ1) is 8.04. The quantitative estimate of drug-likeness (QED) is 0.889. The molecule has 0 atom stereocenters. The number of aromatic carboxylic acids is 1. The molecule has 0 aliphatic heterocycles. The summed E-state index contributed by atoms with van der Waals surface area (Å²) < 4.78 is 25.8. The van der Waals surface area contributed by atoms with Gasteiger partial charge in [-0.25, -0.2) is 13.2 Å². The van der Waals surface area contributed by atoms with E-state index in [0.29, 0.717) is 4.47 Å². The Labute approximate surface area is 114 Å². The van der Waals surface area contributed by atoms with Gasteiger partial charge in [0.1, 0.15) is 0 Å². The Morgan fingerprint density at radius 3 is 2.33 bits per heavy atom. The highest BCUT2D eigenvalue weighted by atomic mass is 79.9. The highest BCUT2D eigenvalue weighted by Gasteiger charge is 2.30. The minimum Gasteiger partial charge on any atom is -0.478 e. The van der Waals surface area contributed by atoms with Crippen LogP contribution in [-0.2, 0) is 10.0 Å². The van der Waals surface area contributed by atoms with Crippen LogP contribution in [0.2, 0.25) is 0 Å². The first kappa shape index (κ1) is 15.0. The van der Waals surface area contributed by atoms with E-state index in [1.165, 1.54) is 32.9 Å². The fourth-order valence-corrected chi connectivity index (χ4v) is 2.22. The average molecular weight is 336 g/mol. The summed E-state index contributed by atoms with van der Waals surface area (Å²) in [4.78, 5) is 11.1. The lowest BCUT2D eigenvalue weighted by molar-refractivity contribution is 0.0698. The van der Waals surface area contributed by atoms with Gasteiger partial charge in [-0.15, -0.1) is 0 Å². The molecule has 0 radical (unpaired) electrons. The average Bonchev–Trinajstić information content (AvgIpc) is 2.18. The van der Waals surface area contributed by atoms with Crippen molar-refractivity contribution in [3.63, 3.8) is 0 Å². The van der Waals surface area contributed by atoms with E-state index < -0.39 is 20.7 Å². The molecule has 0 heterocycles. The summed E-state index contributed by atoms with van der Waals surface area (Å²) in [5, 5.41) is 9.03. The van der Waals surface area contributed by atoms with Gasteiger partial charge >= 0.3 is 5.97 Å². The van der Waals surface area contributed by atoms with Gasteiger partial charge in [0.2, 0.25) is 10.0 Å². The van der Waals surface area contributed by atoms with E-state index in [1.807, 2.05) is 0 Å². The molecule has 1 rings (SSSR count). The molecule has 0 unspecified atom stereocenters. The second kappa shape index (κ2) is 4.89. The third-order valence-electron chi connectivity index (χ3n) is 2.26. The first-order valence-corrected chi connectivity index (χ1v) is 7.37. The molecule has 0 saturated heterocycles. The summed E-state index contributed by atoms with van der Waals surface area (Å²) >= 11 is 3.14. The van der Waals surface area contributed by atoms with E-state index in [0.717, 1.165) is 0 Å². The number of hydrogen-bond acceptors (Lipinski definition) is 3. The third kappa shape index (κ3) is 3.23. The van der Waals surface area contributed by atoms with Gasteiger partial charge in [0, 0.05) is 4.47 Å². The second-order valence-corrected chi connectivity index (χ2v) is 8.06. The zero-order chi connectivity index (χ0) is 14.1. The number of sulfonamides is 1. The molecule has 0 aromatic heterocycles. The molecule has 0 aliphatic carbocycles. The van der Waals surface area contributed by atoms with E-state index in [4.69, 9.17) is 5.11 Å². The van der Waals surface area contributed by atoms with Crippen molar-refractivity contribution < 1.29 is 18.3 Å². The van der Waals surface area contributed by atoms with Gasteiger partial charge in [0.05, 0.1) is 16.0 Å². The van der Waals surface area contributed by atoms with Gasteiger partial charge in [-0.05, 0) is 39.0 Å². The number of carbonyl (C=O) groups is 1. The van der Waals surface area contributed by atoms with Crippen LogP contribution in [0.25, 0.3) is 0 Å². The van der Waals surface area contributed by atoms with Crippen LogP contribution in [0.3, 0.4) is 0 Å². The molecule has 7 heteroatoms. The number of halogens is 1. The molecule has 2 N–H and O–H groups in total. The second-order valence-electron chi connectivity index (χ2n) is 4.71. The summed E-state index contributed by atoms with van der Waals surface area (Å²) in [6.07, 6.45) is 0. The molecule has 0 aliphatic rings. The Kier molecular flexibility index (Phi) is 4.07. The molecule has 0 saturated carbocycles. The predicted molar refractivity (Wildman–Crippen MR) is 73.4 cm³/mol. The zero-order valence-electron chi connectivity index (χ0n) is 10.2. The SMILES string of the molecule is CC(C)(C)S(=O)(=O)Nc1ccc(Br)cc1C(=O)O. The van der Waals surface area contributed by atoms with Crippen LogP contribution >= 0.6 is 15.9 Å². The number of carboxylic acid groups (broad SMARTS) is 1. The van der Waals surface area contributed by atoms with Gasteiger partial charge in [-0.2, -0.15) is 0 Å². The molecular formula is C11H14BrNO4S. The van der Waals surface area contributed by atoms with Crippen molar-refractivity contribution >= 4 is 37.6 Å². The molecule has 1 aromatic rings. The predicted octanol–water partition coefficient (Wildman–Crippen LogP) is 2.69. The number of anilines is 1. The summed E-state index contributed by atoms with van der Waals surface area (Å²) in [7, 11) is -3.65. The Morgan fingerprint density at radius 2 is 1.89 bits per heavy atom. The third-order valence-corrected chi connectivity index (χ3v) is 4.86. The lowest BCUT2D eigenvalue weighted by atomic mass is 10.2. The van der Waals surface area contributed by atoms with Crippen LogP contribution < -0.4 is 4.72 Å². The van der Waals surface area contributed by atoms with Crippen molar-refractivity contribution in [1.29, 1.82) is 0 Å². The van der Waals surface area contributed by atoms with Gasteiger partial charge in [-0.3, -0.25) is 4.72 Å². The summed E-state index contributed by atoms with van der Waals surface area (Å²) in [6.45, 7) is 4.61. The van der Waals surface area contributed by atoms with Gasteiger partial charge in [-0.1, -0.05) is 15.9 Å². The maximum absolute atomic E-state index is 12.0. The maximum Gasteiger partial charge on any atom is 0.337 e. The van der Waals surface area contributed by atoms with Crippen molar-refractivity contribution in [3.8, 4) is 0 Å². The Balaban J connectivity index is 3.25. The van der Waals surface area contributed by atoms with Crippen molar-refractivity contribution in [2.24, 2.45) is 0 Å². The number of benzene rings is 1. The molecule has 0 fully saturated rings. The minimum absolute atomic E-state index is 0.0561. The molecule has 0 bridgehead atoms. The van der Waals surface area contributed by atoms with Crippen molar-refractivity contribution in [3.05, 3.63) is 28.2 Å². The van der Waals surface area contributed by atoms with Gasteiger partial charge < -0.3 is 5.11 Å². The molecule has 5 nitrogen and oxygen atoms in total. The van der Waals surface area contributed by atoms with Crippen molar-refractivity contribution in [1.82, 2.24) is 0 Å². The minimum atomic E-state index is -3.65. The molecule has 0 spiro atoms. The molecule has 100 valence electrons. The molecule has 18 heavy (non-hydrogen) atoms. The van der Waals surface area contributed by atoms with Crippen molar-refractivity contribution in [2.75, 3.05) is 4.72 Å². The standard InChI is InChI=1S/C11H14BrNO4S/c1-11(2,3)18(16,17)13-9-5-4-7(12)6-8(9)10(14)15/h4-6,13H,1-3H3,(H,14,15). The lowest BCUT2D eigenvalue weighted by Crippen LogP contribution is -2.34. The van der Waals surface area contributed by atoms with E-state index in [-0.39, 0.29) is 11.3 Å². The summed E-state index contributed by atoms with van der Waals surface area (Å²) in [5.41, 5.74) is -0.0437. The summed E-state index contributed by atoms with van der Waals surface area (Å²) in [6, 6.07) is 4.34. The highest BCUT2D eigenvalue weighted by molar-refractivity contribution is 9.10. The van der Waals surface area contributed by atoms with Crippen LogP contribution in [-0.4, -0.2) is 24.2 Å². The van der Waals surface area contributed by atoms with Crippen molar-refractivity contribution in [2.45, 2.75) is 25.5 Å². The van der Waals surface area contributed by atoms with Crippen LogP contribution in [0.4, 0.5) is 5.69 Å². The largest absolute Gasteiger partial charge is 0.478 e. The van der Waals surface area contributed by atoms with Crippen LogP contribution in [0, 0.1) is 0 Å². The molecule has 0 amide bonds. The monoisotopic (exact) mass is 335 g/mol. The Hall–Kier alpha value is -1.08. The van der Waals surface area contributed by atoms with Gasteiger partial charge in [0.15, 0.2) is 0 Å². The maximum atomic E-state index is 12.0. The fraction of sp³-hybridized carbons (Fsp3) is 0.364. The van der Waals surface area contributed by atoms with E-state index in [9.17, 15) is 13.2 Å². The lowest BCUT2D eigenvalue weighted by Gasteiger charge is -2.21. The zero-order valence-corrected chi connectivity index (χ0v) is 12.6. The fourth-order valence-electron chi connectivity index (χ4n) is 1.08. The summed E-state index contributed by atoms with van der Waals surface area (Å²) in [5.74, 6) is -1.19. The molecular weight excluding hydrogens is 322 g/mol. The number of rotatable bonds is 3. The van der Waals surface area contributed by atoms with E-state index in [1.54, 1.807) is 6.07 Å². The van der Waals surface area contributed by atoms with Crippen LogP contribution in [0.5, 0.6) is 0 Å². The Morgan fingerprint density at radius 1 is 1.33 bits per heavy atom. The Bertz CT molecular complexity index is 575. The van der Waals surface area contributed by atoms with Crippen LogP contribution in [0.1, 0.15) is 31.1 Å². The number of nitrogens with one attached hydrogen (secondary N) is 1.